The first kappa shape index (κ1) is 19.7. The third kappa shape index (κ3) is 3.37. The highest BCUT2D eigenvalue weighted by molar-refractivity contribution is 7.07. The van der Waals surface area contributed by atoms with Crippen molar-refractivity contribution >= 4 is 28.9 Å². The third-order valence-corrected chi connectivity index (χ3v) is 7.40. The van der Waals surface area contributed by atoms with Crippen LogP contribution in [-0.4, -0.2) is 15.8 Å². The van der Waals surface area contributed by atoms with Gasteiger partial charge in [-0.15, -0.1) is 11.3 Å². The summed E-state index contributed by atoms with van der Waals surface area (Å²) in [6.07, 6.45) is 8.10. The number of benzene rings is 1. The minimum Gasteiger partial charge on any atom is -0.463 e. The number of para-hydroxylation sites is 2. The molecule has 3 aromatic rings. The summed E-state index contributed by atoms with van der Waals surface area (Å²) in [5.41, 5.74) is 2.56. The standard InChI is InChI=1S/C23H22N4O3S/c1-23(2)16-10-9-15(17(23)12-16)13-24-26-20(21-8-5-11-30-21)14-31-22(26)25-18-6-3-4-7-19(18)27(28)29/h3-9,11,13-14,16-17H,10,12H2,1-2H3. The van der Waals surface area contributed by atoms with Gasteiger partial charge in [-0.2, -0.15) is 5.10 Å². The summed E-state index contributed by atoms with van der Waals surface area (Å²) in [5, 5.41) is 18.1. The third-order valence-electron chi connectivity index (χ3n) is 6.59. The number of nitrogens with zero attached hydrogens (tertiary/aromatic N) is 4. The van der Waals surface area contributed by atoms with Gasteiger partial charge in [0.15, 0.2) is 5.76 Å². The first-order chi connectivity index (χ1) is 14.9. The number of hydrogen-bond acceptors (Lipinski definition) is 6. The molecule has 0 saturated heterocycles. The Morgan fingerprint density at radius 2 is 2.13 bits per heavy atom. The van der Waals surface area contributed by atoms with E-state index in [1.54, 1.807) is 29.1 Å². The van der Waals surface area contributed by atoms with Crippen LogP contribution in [0, 0.1) is 27.4 Å². The van der Waals surface area contributed by atoms with Crippen LogP contribution in [0.1, 0.15) is 26.7 Å². The van der Waals surface area contributed by atoms with Gasteiger partial charge >= 0.3 is 0 Å². The van der Waals surface area contributed by atoms with Gasteiger partial charge < -0.3 is 4.42 Å². The highest BCUT2D eigenvalue weighted by Crippen LogP contribution is 2.58. The number of furan rings is 1. The Kier molecular flexibility index (Phi) is 4.74. The Bertz CT molecular complexity index is 1260. The molecular formula is C23H22N4O3S. The van der Waals surface area contributed by atoms with Crippen molar-refractivity contribution in [3.05, 3.63) is 74.6 Å². The molecule has 3 aliphatic carbocycles. The number of fused-ring (bicyclic) bond motifs is 1. The van der Waals surface area contributed by atoms with Gasteiger partial charge in [-0.05, 0) is 53.9 Å². The van der Waals surface area contributed by atoms with E-state index in [0.29, 0.717) is 27.6 Å². The molecule has 0 aliphatic heterocycles. The predicted molar refractivity (Wildman–Crippen MR) is 120 cm³/mol. The van der Waals surface area contributed by atoms with Crippen LogP contribution >= 0.6 is 11.3 Å². The van der Waals surface area contributed by atoms with E-state index in [1.807, 2.05) is 23.7 Å². The molecule has 158 valence electrons. The molecule has 1 fully saturated rings. The minimum absolute atomic E-state index is 0.0387. The molecule has 0 amide bonds. The molecule has 0 radical (unpaired) electrons. The predicted octanol–water partition coefficient (Wildman–Crippen LogP) is 5.78. The molecule has 7 nitrogen and oxygen atoms in total. The average Bonchev–Trinajstić information content (AvgIpc) is 3.42. The van der Waals surface area contributed by atoms with E-state index >= 15 is 0 Å². The van der Waals surface area contributed by atoms with E-state index < -0.39 is 4.92 Å². The van der Waals surface area contributed by atoms with Gasteiger partial charge in [-0.3, -0.25) is 10.1 Å². The van der Waals surface area contributed by atoms with E-state index in [4.69, 9.17) is 9.52 Å². The summed E-state index contributed by atoms with van der Waals surface area (Å²) < 4.78 is 7.29. The molecule has 2 aromatic heterocycles. The molecule has 2 bridgehead atoms. The summed E-state index contributed by atoms with van der Waals surface area (Å²) in [6.45, 7) is 4.65. The van der Waals surface area contributed by atoms with Crippen LogP contribution in [0.3, 0.4) is 0 Å². The maximum Gasteiger partial charge on any atom is 0.294 e. The Morgan fingerprint density at radius 3 is 2.84 bits per heavy atom. The average molecular weight is 435 g/mol. The normalized spacial score (nSPS) is 22.4. The van der Waals surface area contributed by atoms with Crippen LogP contribution in [0.15, 0.2) is 74.2 Å². The summed E-state index contributed by atoms with van der Waals surface area (Å²) in [7, 11) is 0. The molecule has 31 heavy (non-hydrogen) atoms. The van der Waals surface area contributed by atoms with Gasteiger partial charge in [0.05, 0.1) is 17.4 Å². The number of nitro benzene ring substituents is 1. The fourth-order valence-corrected chi connectivity index (χ4v) is 5.40. The highest BCUT2D eigenvalue weighted by Gasteiger charge is 2.50. The molecule has 0 N–H and O–H groups in total. The Labute approximate surface area is 183 Å². The second-order valence-corrected chi connectivity index (χ2v) is 9.38. The highest BCUT2D eigenvalue weighted by atomic mass is 32.1. The smallest absolute Gasteiger partial charge is 0.294 e. The number of thiazole rings is 1. The van der Waals surface area contributed by atoms with Crippen molar-refractivity contribution in [1.82, 2.24) is 4.68 Å². The zero-order valence-corrected chi connectivity index (χ0v) is 18.1. The van der Waals surface area contributed by atoms with E-state index in [1.165, 1.54) is 29.4 Å². The van der Waals surface area contributed by atoms with Crippen molar-refractivity contribution < 1.29 is 9.34 Å². The van der Waals surface area contributed by atoms with Crippen LogP contribution < -0.4 is 4.80 Å². The van der Waals surface area contributed by atoms with E-state index in [2.05, 4.69) is 24.9 Å². The van der Waals surface area contributed by atoms with Crippen LogP contribution in [-0.2, 0) is 0 Å². The van der Waals surface area contributed by atoms with Gasteiger partial charge in [0.1, 0.15) is 11.4 Å². The number of aromatic nitrogens is 1. The van der Waals surface area contributed by atoms with Gasteiger partial charge in [0, 0.05) is 11.4 Å². The molecular weight excluding hydrogens is 412 g/mol. The Hall–Kier alpha value is -3.26. The zero-order chi connectivity index (χ0) is 21.6. The molecule has 8 heteroatoms. The molecule has 1 saturated carbocycles. The van der Waals surface area contributed by atoms with Crippen molar-refractivity contribution in [1.29, 1.82) is 0 Å². The summed E-state index contributed by atoms with van der Waals surface area (Å²) in [6, 6.07) is 10.1. The Balaban J connectivity index is 1.60. The van der Waals surface area contributed by atoms with Crippen molar-refractivity contribution in [2.75, 3.05) is 0 Å². The maximum absolute atomic E-state index is 11.4. The largest absolute Gasteiger partial charge is 0.463 e. The van der Waals surface area contributed by atoms with Gasteiger partial charge in [-0.25, -0.2) is 9.67 Å². The first-order valence-electron chi connectivity index (χ1n) is 10.2. The molecule has 0 spiro atoms. The zero-order valence-electron chi connectivity index (χ0n) is 17.3. The van der Waals surface area contributed by atoms with Crippen molar-refractivity contribution in [3.63, 3.8) is 0 Å². The Morgan fingerprint density at radius 1 is 1.29 bits per heavy atom. The summed E-state index contributed by atoms with van der Waals surface area (Å²) in [5.74, 6) is 1.93. The molecule has 3 aliphatic rings. The molecule has 2 atom stereocenters. The molecule has 2 unspecified atom stereocenters. The van der Waals surface area contributed by atoms with Crippen molar-refractivity contribution in [3.8, 4) is 11.5 Å². The monoisotopic (exact) mass is 434 g/mol. The first-order valence-corrected chi connectivity index (χ1v) is 11.1. The van der Waals surface area contributed by atoms with Gasteiger partial charge in [0.2, 0.25) is 4.80 Å². The van der Waals surface area contributed by atoms with Crippen molar-refractivity contribution in [2.45, 2.75) is 26.7 Å². The topological polar surface area (TPSA) is 85.9 Å². The number of hydrogen-bond donors (Lipinski definition) is 0. The lowest BCUT2D eigenvalue weighted by Crippen LogP contribution is -2.48. The lowest BCUT2D eigenvalue weighted by molar-refractivity contribution is -0.384. The van der Waals surface area contributed by atoms with Crippen LogP contribution in [0.5, 0.6) is 0 Å². The minimum atomic E-state index is -0.421. The maximum atomic E-state index is 11.4. The van der Waals surface area contributed by atoms with Crippen LogP contribution in [0.2, 0.25) is 0 Å². The lowest BCUT2D eigenvalue weighted by Gasteiger charge is -2.55. The quantitative estimate of drug-likeness (QED) is 0.290. The molecule has 6 rings (SSSR count). The molecule has 1 aromatic carbocycles. The SMILES string of the molecule is CC1(C)C2CC=C(C=Nn3c(-c4ccco4)csc3=Nc3ccccc3[N+](=O)[O-])C1C2. The lowest BCUT2D eigenvalue weighted by atomic mass is 9.49. The summed E-state index contributed by atoms with van der Waals surface area (Å²) >= 11 is 1.37. The second kappa shape index (κ2) is 7.46. The van der Waals surface area contributed by atoms with Gasteiger partial charge in [0.25, 0.3) is 5.69 Å². The van der Waals surface area contributed by atoms with E-state index in [0.717, 1.165) is 18.0 Å². The van der Waals surface area contributed by atoms with Gasteiger partial charge in [-0.1, -0.05) is 32.1 Å². The second-order valence-electron chi connectivity index (χ2n) is 8.54. The van der Waals surface area contributed by atoms with Crippen LogP contribution in [0.4, 0.5) is 11.4 Å². The van der Waals surface area contributed by atoms with Crippen LogP contribution in [0.25, 0.3) is 11.5 Å². The fourth-order valence-electron chi connectivity index (χ4n) is 4.57. The number of rotatable bonds is 5. The number of allylic oxidation sites excluding steroid dienone is 2. The van der Waals surface area contributed by atoms with E-state index in [9.17, 15) is 10.1 Å². The number of nitro groups is 1. The summed E-state index contributed by atoms with van der Waals surface area (Å²) in [4.78, 5) is 16.1. The molecule has 2 heterocycles. The fraction of sp³-hybridized carbons (Fsp3) is 0.304. The van der Waals surface area contributed by atoms with E-state index in [-0.39, 0.29) is 5.69 Å². The van der Waals surface area contributed by atoms with Crippen molar-refractivity contribution in [2.24, 2.45) is 27.3 Å².